The molecule has 150 valence electrons. The van der Waals surface area contributed by atoms with Crippen molar-refractivity contribution in [3.63, 3.8) is 0 Å². The highest BCUT2D eigenvalue weighted by Crippen LogP contribution is 2.37. The van der Waals surface area contributed by atoms with Crippen molar-refractivity contribution in [1.29, 1.82) is 0 Å². The van der Waals surface area contributed by atoms with Crippen molar-refractivity contribution in [2.45, 2.75) is 51.6 Å². The Morgan fingerprint density at radius 2 is 2.14 bits per heavy atom. The van der Waals surface area contributed by atoms with Crippen molar-refractivity contribution < 1.29 is 0 Å². The molecule has 0 amide bonds. The lowest BCUT2D eigenvalue weighted by Gasteiger charge is -2.26. The number of rotatable bonds is 6. The van der Waals surface area contributed by atoms with Gasteiger partial charge in [0.1, 0.15) is 5.82 Å². The summed E-state index contributed by atoms with van der Waals surface area (Å²) in [5, 5.41) is 3.55. The van der Waals surface area contributed by atoms with E-state index in [4.69, 9.17) is 5.73 Å². The second kappa shape index (κ2) is 9.80. The summed E-state index contributed by atoms with van der Waals surface area (Å²) in [6.07, 6.45) is 11.5. The minimum absolute atomic E-state index is 0.560. The number of hydrogen-bond donors (Lipinski definition) is 2. The summed E-state index contributed by atoms with van der Waals surface area (Å²) >= 11 is 0. The second-order valence-corrected chi connectivity index (χ2v) is 7.55. The topological polar surface area (TPSA) is 68.8 Å². The molecule has 3 heterocycles. The molecule has 3 N–H and O–H groups in total. The van der Waals surface area contributed by atoms with Crippen molar-refractivity contribution in [3.05, 3.63) is 60.0 Å². The second-order valence-electron chi connectivity index (χ2n) is 7.55. The molecule has 5 nitrogen and oxygen atoms in total. The number of nitrogens with two attached hydrogens (primary N) is 1. The number of nitrogens with one attached hydrogen (secondary N) is 1. The first-order chi connectivity index (χ1) is 13.7. The van der Waals surface area contributed by atoms with Crippen LogP contribution in [0.3, 0.4) is 0 Å². The molecule has 28 heavy (non-hydrogen) atoms. The van der Waals surface area contributed by atoms with Crippen molar-refractivity contribution in [3.8, 4) is 0 Å². The van der Waals surface area contributed by atoms with Crippen LogP contribution in [0.4, 0.5) is 0 Å². The van der Waals surface area contributed by atoms with Crippen LogP contribution in [0, 0.1) is 12.8 Å². The van der Waals surface area contributed by atoms with Gasteiger partial charge in [-0.25, -0.2) is 4.98 Å². The number of pyridine rings is 1. The van der Waals surface area contributed by atoms with Gasteiger partial charge in [-0.3, -0.25) is 4.98 Å². The molecule has 0 spiro atoms. The van der Waals surface area contributed by atoms with Crippen LogP contribution in [-0.2, 0) is 13.0 Å². The number of imidazole rings is 1. The lowest BCUT2D eigenvalue weighted by atomic mass is 9.83. The summed E-state index contributed by atoms with van der Waals surface area (Å²) in [6, 6.07) is 4.83. The maximum Gasteiger partial charge on any atom is 0.106 e. The Bertz CT molecular complexity index is 807. The summed E-state index contributed by atoms with van der Waals surface area (Å²) in [5.74, 6) is 1.86. The van der Waals surface area contributed by atoms with E-state index in [1.165, 1.54) is 37.1 Å². The van der Waals surface area contributed by atoms with E-state index in [2.05, 4.69) is 39.1 Å². The molecule has 5 heteroatoms. The summed E-state index contributed by atoms with van der Waals surface area (Å²) < 4.78 is 2.17. The average Bonchev–Trinajstić information content (AvgIpc) is 3.33. The van der Waals surface area contributed by atoms with Crippen molar-refractivity contribution in [2.24, 2.45) is 11.7 Å². The Balaban J connectivity index is 0.000000162. The molecule has 4 rings (SSSR count). The first kappa shape index (κ1) is 20.5. The number of fused-ring (bicyclic) bond motifs is 3. The van der Waals surface area contributed by atoms with E-state index in [-0.39, 0.29) is 0 Å². The van der Waals surface area contributed by atoms with Crippen LogP contribution in [0.25, 0.3) is 12.2 Å². The van der Waals surface area contributed by atoms with E-state index < -0.39 is 0 Å². The predicted molar refractivity (Wildman–Crippen MR) is 117 cm³/mol. The normalized spacial score (nSPS) is 19.9. The van der Waals surface area contributed by atoms with E-state index in [9.17, 15) is 0 Å². The van der Waals surface area contributed by atoms with E-state index in [1.54, 1.807) is 6.08 Å². The monoisotopic (exact) mass is 379 g/mol. The minimum atomic E-state index is 0.560. The van der Waals surface area contributed by atoms with Gasteiger partial charge in [0, 0.05) is 12.7 Å². The highest BCUT2D eigenvalue weighted by Gasteiger charge is 2.33. The third-order valence-electron chi connectivity index (χ3n) is 5.80. The third-order valence-corrected chi connectivity index (χ3v) is 5.80. The summed E-state index contributed by atoms with van der Waals surface area (Å²) in [6.45, 7) is 12.4. The van der Waals surface area contributed by atoms with Crippen LogP contribution in [0.1, 0.15) is 60.2 Å². The van der Waals surface area contributed by atoms with Gasteiger partial charge in [0.25, 0.3) is 0 Å². The van der Waals surface area contributed by atoms with Gasteiger partial charge in [0.05, 0.1) is 23.1 Å². The van der Waals surface area contributed by atoms with Gasteiger partial charge in [0.2, 0.25) is 0 Å². The quantitative estimate of drug-likeness (QED) is 0.747. The number of unbranched alkanes of at least 4 members (excludes halogenated alkanes) is 1. The molecule has 1 aliphatic heterocycles. The highest BCUT2D eigenvalue weighted by molar-refractivity contribution is 5.58. The number of hydrogen-bond acceptors (Lipinski definition) is 4. The Morgan fingerprint density at radius 1 is 1.29 bits per heavy atom. The van der Waals surface area contributed by atoms with Crippen molar-refractivity contribution >= 4 is 12.2 Å². The van der Waals surface area contributed by atoms with Gasteiger partial charge >= 0.3 is 0 Å². The van der Waals surface area contributed by atoms with Crippen LogP contribution < -0.4 is 11.1 Å². The van der Waals surface area contributed by atoms with Gasteiger partial charge in [-0.2, -0.15) is 0 Å². The number of aromatic nitrogens is 3. The molecule has 2 aromatic rings. The maximum absolute atomic E-state index is 5.47. The highest BCUT2D eigenvalue weighted by atomic mass is 15.1. The smallest absolute Gasteiger partial charge is 0.106 e. The maximum atomic E-state index is 5.47. The van der Waals surface area contributed by atoms with Gasteiger partial charge < -0.3 is 15.6 Å². The largest absolute Gasteiger partial charge is 0.330 e. The molecule has 2 aliphatic rings. The molecule has 0 aromatic carbocycles. The Kier molecular flexibility index (Phi) is 7.18. The zero-order valence-electron chi connectivity index (χ0n) is 17.0. The standard InChI is InChI=1S/C12H19N3.C11H14N2/c1-4-11-12(5-2)15(10(3)14-11)9-7-6-8-13;1-2-8-3-4-9-5-7-13-11(9)10(8)12-6-1/h4-5H,1-2,6-9,13H2,3H3;1-2,6,9,11,13H,3-5,7H2. The van der Waals surface area contributed by atoms with Crippen LogP contribution in [0.15, 0.2) is 31.5 Å². The average molecular weight is 380 g/mol. The fourth-order valence-corrected chi connectivity index (χ4v) is 4.34. The molecule has 2 aromatic heterocycles. The van der Waals surface area contributed by atoms with E-state index in [1.807, 2.05) is 25.3 Å². The molecule has 0 bridgehead atoms. The van der Waals surface area contributed by atoms with Crippen LogP contribution >= 0.6 is 0 Å². The summed E-state index contributed by atoms with van der Waals surface area (Å²) in [4.78, 5) is 8.92. The lowest BCUT2D eigenvalue weighted by Crippen LogP contribution is -2.24. The van der Waals surface area contributed by atoms with Gasteiger partial charge in [-0.05, 0) is 81.8 Å². The van der Waals surface area contributed by atoms with Crippen molar-refractivity contribution in [2.75, 3.05) is 13.1 Å². The molecule has 1 fully saturated rings. The van der Waals surface area contributed by atoms with Crippen LogP contribution in [0.5, 0.6) is 0 Å². The number of aryl methyl sites for hydroxylation is 2. The van der Waals surface area contributed by atoms with Gasteiger partial charge in [-0.15, -0.1) is 0 Å². The molecule has 0 radical (unpaired) electrons. The van der Waals surface area contributed by atoms with E-state index in [0.717, 1.165) is 49.1 Å². The zero-order chi connectivity index (χ0) is 19.9. The first-order valence-corrected chi connectivity index (χ1v) is 10.4. The summed E-state index contributed by atoms with van der Waals surface area (Å²) in [7, 11) is 0. The Morgan fingerprint density at radius 3 is 2.89 bits per heavy atom. The molecular weight excluding hydrogens is 346 g/mol. The molecule has 2 atom stereocenters. The number of nitrogens with zero attached hydrogens (tertiary/aromatic N) is 3. The van der Waals surface area contributed by atoms with E-state index in [0.29, 0.717) is 6.04 Å². The summed E-state index contributed by atoms with van der Waals surface area (Å²) in [5.41, 5.74) is 10.2. The van der Waals surface area contributed by atoms with Gasteiger partial charge in [-0.1, -0.05) is 19.2 Å². The fourth-order valence-electron chi connectivity index (χ4n) is 4.34. The molecule has 2 unspecified atom stereocenters. The molecule has 0 saturated carbocycles. The Labute approximate surface area is 168 Å². The van der Waals surface area contributed by atoms with Crippen LogP contribution in [-0.4, -0.2) is 27.6 Å². The lowest BCUT2D eigenvalue weighted by molar-refractivity contribution is 0.396. The fraction of sp³-hybridized carbons (Fsp3) is 0.478. The molecule has 1 aliphatic carbocycles. The molecule has 1 saturated heterocycles. The minimum Gasteiger partial charge on any atom is -0.330 e. The zero-order valence-corrected chi connectivity index (χ0v) is 17.0. The first-order valence-electron chi connectivity index (χ1n) is 10.4. The van der Waals surface area contributed by atoms with E-state index >= 15 is 0 Å². The predicted octanol–water partition coefficient (Wildman–Crippen LogP) is 3.89. The van der Waals surface area contributed by atoms with Crippen LogP contribution in [0.2, 0.25) is 0 Å². The van der Waals surface area contributed by atoms with Gasteiger partial charge in [0.15, 0.2) is 0 Å². The van der Waals surface area contributed by atoms with Crippen molar-refractivity contribution in [1.82, 2.24) is 19.9 Å². The third kappa shape index (κ3) is 4.42. The molecular formula is C23H33N5. The SMILES string of the molecule is C=Cc1nc(C)n(CCCCN)c1C=C.c1cnc2c(c1)CCC1CCNC21. The Hall–Kier alpha value is -2.24.